The van der Waals surface area contributed by atoms with E-state index in [1.807, 2.05) is 37.3 Å². The number of fused-ring (bicyclic) bond motifs is 1. The second-order valence-corrected chi connectivity index (χ2v) is 5.92. The maximum Gasteiger partial charge on any atom is 0.413 e. The van der Waals surface area contributed by atoms with Crippen LogP contribution in [0.5, 0.6) is 0 Å². The minimum Gasteiger partial charge on any atom is -0.465 e. The van der Waals surface area contributed by atoms with Crippen molar-refractivity contribution in [2.45, 2.75) is 19.9 Å². The van der Waals surface area contributed by atoms with Crippen molar-refractivity contribution in [3.63, 3.8) is 0 Å². The zero-order chi connectivity index (χ0) is 19.4. The Morgan fingerprint density at radius 3 is 2.70 bits per heavy atom. The van der Waals surface area contributed by atoms with Gasteiger partial charge in [-0.15, -0.1) is 0 Å². The van der Waals surface area contributed by atoms with E-state index in [0.29, 0.717) is 16.7 Å². The van der Waals surface area contributed by atoms with Crippen molar-refractivity contribution in [1.29, 1.82) is 0 Å². The number of carboxylic acid groups (broad SMARTS) is 1. The maximum atomic E-state index is 12.2. The van der Waals surface area contributed by atoms with Gasteiger partial charge in [0.25, 0.3) is 0 Å². The predicted octanol–water partition coefficient (Wildman–Crippen LogP) is 3.34. The first-order chi connectivity index (χ1) is 13.0. The molecule has 0 aliphatic carbocycles. The first kappa shape index (κ1) is 18.2. The quantitative estimate of drug-likeness (QED) is 0.550. The Bertz CT molecular complexity index is 956. The van der Waals surface area contributed by atoms with Crippen molar-refractivity contribution in [1.82, 2.24) is 20.5 Å². The number of H-pyrrole nitrogens is 1. The molecule has 2 aromatic heterocycles. The van der Waals surface area contributed by atoms with Crippen molar-refractivity contribution in [3.8, 4) is 0 Å². The summed E-state index contributed by atoms with van der Waals surface area (Å²) in [5.74, 6) is 0.607. The lowest BCUT2D eigenvalue weighted by molar-refractivity contribution is 0.202. The van der Waals surface area contributed by atoms with Gasteiger partial charge in [0.05, 0.1) is 16.9 Å². The number of aromatic amines is 1. The highest BCUT2D eigenvalue weighted by Crippen LogP contribution is 2.25. The number of rotatable bonds is 5. The normalized spacial score (nSPS) is 11.8. The Morgan fingerprint density at radius 2 is 2.04 bits per heavy atom. The van der Waals surface area contributed by atoms with Crippen molar-refractivity contribution < 1.29 is 14.7 Å². The Kier molecular flexibility index (Phi) is 5.20. The van der Waals surface area contributed by atoms with Crippen molar-refractivity contribution >= 4 is 34.7 Å². The molecule has 3 aromatic rings. The lowest BCUT2D eigenvalue weighted by atomic mass is 10.1. The molecule has 0 fully saturated rings. The molecule has 9 nitrogen and oxygen atoms in total. The van der Waals surface area contributed by atoms with Gasteiger partial charge in [-0.05, 0) is 19.4 Å². The number of carbonyl (C=O) groups excluding carboxylic acids is 1. The zero-order valence-electron chi connectivity index (χ0n) is 14.9. The third kappa shape index (κ3) is 3.97. The van der Waals surface area contributed by atoms with Gasteiger partial charge in [0, 0.05) is 18.8 Å². The van der Waals surface area contributed by atoms with Crippen molar-refractivity contribution in [3.05, 3.63) is 48.2 Å². The summed E-state index contributed by atoms with van der Waals surface area (Å²) in [7, 11) is 0. The molecular formula is C18H20N6O3. The molecule has 0 saturated heterocycles. The van der Waals surface area contributed by atoms with Gasteiger partial charge in [-0.25, -0.2) is 14.6 Å². The summed E-state index contributed by atoms with van der Waals surface area (Å²) in [6, 6.07) is 10.7. The fourth-order valence-corrected chi connectivity index (χ4v) is 2.72. The molecule has 140 valence electrons. The Labute approximate surface area is 155 Å². The van der Waals surface area contributed by atoms with Crippen LogP contribution in [0.2, 0.25) is 0 Å². The fourth-order valence-electron chi connectivity index (χ4n) is 2.72. The minimum atomic E-state index is -1.10. The smallest absolute Gasteiger partial charge is 0.413 e. The van der Waals surface area contributed by atoms with Crippen LogP contribution in [0.15, 0.2) is 42.6 Å². The molecular weight excluding hydrogens is 348 g/mol. The van der Waals surface area contributed by atoms with E-state index in [1.165, 1.54) is 6.20 Å². The second kappa shape index (κ2) is 7.73. The molecule has 0 saturated carbocycles. The number of amides is 3. The number of carbonyl (C=O) groups is 2. The first-order valence-electron chi connectivity index (χ1n) is 8.46. The van der Waals surface area contributed by atoms with Gasteiger partial charge in [0.2, 0.25) is 0 Å². The highest BCUT2D eigenvalue weighted by Gasteiger charge is 2.19. The van der Waals surface area contributed by atoms with Crippen LogP contribution in [-0.2, 0) is 0 Å². The average molecular weight is 368 g/mol. The topological polar surface area (TPSA) is 123 Å². The molecule has 0 spiro atoms. The summed E-state index contributed by atoms with van der Waals surface area (Å²) in [4.78, 5) is 28.8. The molecule has 0 radical (unpaired) electrons. The Morgan fingerprint density at radius 1 is 1.30 bits per heavy atom. The van der Waals surface area contributed by atoms with Crippen LogP contribution in [0.1, 0.15) is 25.5 Å². The molecule has 2 heterocycles. The number of hydrogen-bond donors (Lipinski definition) is 4. The Balaban J connectivity index is 1.72. The van der Waals surface area contributed by atoms with Crippen LogP contribution < -0.4 is 15.5 Å². The van der Waals surface area contributed by atoms with E-state index in [4.69, 9.17) is 0 Å². The molecule has 27 heavy (non-hydrogen) atoms. The monoisotopic (exact) mass is 368 g/mol. The zero-order valence-corrected chi connectivity index (χ0v) is 14.9. The lowest BCUT2D eigenvalue weighted by Crippen LogP contribution is -2.31. The van der Waals surface area contributed by atoms with Gasteiger partial charge < -0.3 is 10.4 Å². The van der Waals surface area contributed by atoms with Crippen LogP contribution in [0, 0.1) is 0 Å². The molecule has 0 aliphatic rings. The van der Waals surface area contributed by atoms with E-state index in [-0.39, 0.29) is 18.4 Å². The van der Waals surface area contributed by atoms with Crippen LogP contribution in [0.4, 0.5) is 21.2 Å². The van der Waals surface area contributed by atoms with E-state index < -0.39 is 12.1 Å². The fraction of sp³-hybridized carbons (Fsp3) is 0.222. The number of urea groups is 1. The molecule has 0 unspecified atom stereocenters. The van der Waals surface area contributed by atoms with Crippen molar-refractivity contribution in [2.75, 3.05) is 16.8 Å². The summed E-state index contributed by atoms with van der Waals surface area (Å²) >= 11 is 0. The summed E-state index contributed by atoms with van der Waals surface area (Å²) in [5, 5.41) is 22.1. The molecule has 3 amide bonds. The first-order valence-corrected chi connectivity index (χ1v) is 8.46. The number of anilines is 2. The largest absolute Gasteiger partial charge is 0.465 e. The van der Waals surface area contributed by atoms with E-state index in [9.17, 15) is 14.7 Å². The minimum absolute atomic E-state index is 0.164. The van der Waals surface area contributed by atoms with Crippen molar-refractivity contribution in [2.24, 2.45) is 0 Å². The second-order valence-electron chi connectivity index (χ2n) is 5.92. The summed E-state index contributed by atoms with van der Waals surface area (Å²) in [5.41, 5.74) is 1.56. The molecule has 4 N–H and O–H groups in total. The number of pyridine rings is 1. The average Bonchev–Trinajstić information content (AvgIpc) is 3.05. The lowest BCUT2D eigenvalue weighted by Gasteiger charge is -2.15. The van der Waals surface area contributed by atoms with E-state index in [2.05, 4.69) is 25.8 Å². The number of nitrogens with zero attached hydrogens (tertiary/aromatic N) is 3. The highest BCUT2D eigenvalue weighted by atomic mass is 16.4. The van der Waals surface area contributed by atoms with Gasteiger partial charge in [0.1, 0.15) is 5.82 Å². The number of benzene rings is 1. The van der Waals surface area contributed by atoms with Crippen LogP contribution >= 0.6 is 0 Å². The van der Waals surface area contributed by atoms with Gasteiger partial charge in [-0.1, -0.05) is 30.3 Å². The summed E-state index contributed by atoms with van der Waals surface area (Å²) < 4.78 is 0. The molecule has 1 aromatic carbocycles. The van der Waals surface area contributed by atoms with Gasteiger partial charge in [-0.3, -0.25) is 15.3 Å². The summed E-state index contributed by atoms with van der Waals surface area (Å²) in [6.45, 7) is 3.86. The number of nitrogens with one attached hydrogen (secondary N) is 3. The Hall–Kier alpha value is -3.62. The van der Waals surface area contributed by atoms with E-state index in [1.54, 1.807) is 13.0 Å². The highest BCUT2D eigenvalue weighted by molar-refractivity contribution is 5.99. The third-order valence-electron chi connectivity index (χ3n) is 4.12. The van der Waals surface area contributed by atoms with Crippen LogP contribution in [0.25, 0.3) is 10.9 Å². The van der Waals surface area contributed by atoms with Crippen LogP contribution in [0.3, 0.4) is 0 Å². The van der Waals surface area contributed by atoms with E-state index in [0.717, 1.165) is 10.5 Å². The number of hydrogen-bond acceptors (Lipinski definition) is 4. The molecule has 9 heteroatoms. The standard InChI is InChI=1S/C18H20N6O3/c1-3-24(18(26)27)16-13-10-19-15(9-14(13)22-23-16)21-17(25)20-11(2)12-7-5-4-6-8-12/h4-11H,3H2,1-2H3,(H,22,23)(H,26,27)(H2,19,20,21,25)/t11-/m1/s1. The molecule has 0 aliphatic heterocycles. The molecule has 0 bridgehead atoms. The van der Waals surface area contributed by atoms with Gasteiger partial charge >= 0.3 is 12.1 Å². The molecule has 1 atom stereocenters. The third-order valence-corrected chi connectivity index (χ3v) is 4.12. The molecule has 3 rings (SSSR count). The van der Waals surface area contributed by atoms with E-state index >= 15 is 0 Å². The van der Waals surface area contributed by atoms with Crippen LogP contribution in [-0.4, -0.2) is 39.0 Å². The maximum absolute atomic E-state index is 12.2. The predicted molar refractivity (Wildman–Crippen MR) is 102 cm³/mol. The number of aromatic nitrogens is 3. The SMILES string of the molecule is CCN(C(=O)O)c1n[nH]c2cc(NC(=O)N[C@H](C)c3ccccc3)ncc12. The van der Waals surface area contributed by atoms with Gasteiger partial charge in [-0.2, -0.15) is 5.10 Å². The summed E-state index contributed by atoms with van der Waals surface area (Å²) in [6.07, 6.45) is 0.387. The van der Waals surface area contributed by atoms with Gasteiger partial charge in [0.15, 0.2) is 5.82 Å².